The number of likely N-dealkylation sites (N-methyl/N-ethyl adjacent to an activating group) is 1. The molecule has 2 unspecified atom stereocenters. The first-order valence-corrected chi connectivity index (χ1v) is 7.52. The molecular weight excluding hydrogens is 246 g/mol. The minimum absolute atomic E-state index is 0.174. The number of nitrogens with zero attached hydrogens (tertiary/aromatic N) is 1. The van der Waals surface area contributed by atoms with Gasteiger partial charge in [0.2, 0.25) is 0 Å². The zero-order valence-corrected chi connectivity index (χ0v) is 11.7. The summed E-state index contributed by atoms with van der Waals surface area (Å²) >= 11 is 1.78. The topological polar surface area (TPSA) is 40.5 Å². The van der Waals surface area contributed by atoms with Gasteiger partial charge >= 0.3 is 5.97 Å². The first-order chi connectivity index (χ1) is 8.68. The van der Waals surface area contributed by atoms with Crippen molar-refractivity contribution >= 4 is 17.3 Å². The van der Waals surface area contributed by atoms with Gasteiger partial charge in [-0.2, -0.15) is 0 Å². The molecule has 1 N–H and O–H groups in total. The minimum Gasteiger partial charge on any atom is -0.481 e. The standard InChI is InChI=1S/C14H21NO2S/c1-15(9-8-11-5-4-10-18-11)13-7-3-2-6-12(13)14(16)17/h4-5,10,12-13H,2-3,6-9H2,1H3,(H,16,17). The lowest BCUT2D eigenvalue weighted by atomic mass is 9.83. The van der Waals surface area contributed by atoms with Crippen molar-refractivity contribution in [3.8, 4) is 0 Å². The van der Waals surface area contributed by atoms with E-state index in [0.717, 1.165) is 38.6 Å². The summed E-state index contributed by atoms with van der Waals surface area (Å²) in [5.74, 6) is -0.797. The van der Waals surface area contributed by atoms with Gasteiger partial charge in [-0.1, -0.05) is 18.9 Å². The van der Waals surface area contributed by atoms with E-state index < -0.39 is 5.97 Å². The van der Waals surface area contributed by atoms with Gasteiger partial charge in [0.25, 0.3) is 0 Å². The molecule has 0 aromatic carbocycles. The highest BCUT2D eigenvalue weighted by Gasteiger charge is 2.33. The molecule has 1 aromatic heterocycles. The molecule has 1 saturated carbocycles. The van der Waals surface area contributed by atoms with E-state index in [1.807, 2.05) is 0 Å². The quantitative estimate of drug-likeness (QED) is 0.892. The average molecular weight is 267 g/mol. The van der Waals surface area contributed by atoms with Crippen LogP contribution in [0.2, 0.25) is 0 Å². The van der Waals surface area contributed by atoms with E-state index in [4.69, 9.17) is 0 Å². The summed E-state index contributed by atoms with van der Waals surface area (Å²) in [6, 6.07) is 4.44. The van der Waals surface area contributed by atoms with Crippen LogP contribution in [0.1, 0.15) is 30.6 Å². The second kappa shape index (κ2) is 6.34. The normalized spacial score (nSPS) is 24.3. The Balaban J connectivity index is 1.89. The molecule has 2 atom stereocenters. The van der Waals surface area contributed by atoms with Crippen molar-refractivity contribution in [2.45, 2.75) is 38.1 Å². The third-order valence-corrected chi connectivity index (χ3v) is 4.84. The molecule has 1 heterocycles. The van der Waals surface area contributed by atoms with Crippen molar-refractivity contribution in [3.63, 3.8) is 0 Å². The molecule has 0 bridgehead atoms. The molecular formula is C14H21NO2S. The van der Waals surface area contributed by atoms with Crippen LogP contribution < -0.4 is 0 Å². The lowest BCUT2D eigenvalue weighted by molar-refractivity contribution is -0.145. The fourth-order valence-electron chi connectivity index (χ4n) is 2.83. The van der Waals surface area contributed by atoms with Crippen LogP contribution in [0.25, 0.3) is 0 Å². The zero-order chi connectivity index (χ0) is 13.0. The molecule has 1 fully saturated rings. The smallest absolute Gasteiger partial charge is 0.308 e. The van der Waals surface area contributed by atoms with Crippen LogP contribution in [0.3, 0.4) is 0 Å². The van der Waals surface area contributed by atoms with Gasteiger partial charge in [0, 0.05) is 17.5 Å². The van der Waals surface area contributed by atoms with E-state index >= 15 is 0 Å². The number of hydrogen-bond acceptors (Lipinski definition) is 3. The maximum Gasteiger partial charge on any atom is 0.308 e. The van der Waals surface area contributed by atoms with Crippen LogP contribution in [-0.2, 0) is 11.2 Å². The van der Waals surface area contributed by atoms with Crippen LogP contribution in [0.5, 0.6) is 0 Å². The van der Waals surface area contributed by atoms with Gasteiger partial charge in [-0.25, -0.2) is 0 Å². The SMILES string of the molecule is CN(CCc1cccs1)C1CCCCC1C(=O)O. The number of thiophene rings is 1. The molecule has 0 radical (unpaired) electrons. The van der Waals surface area contributed by atoms with E-state index in [9.17, 15) is 9.90 Å². The lowest BCUT2D eigenvalue weighted by Gasteiger charge is -2.35. The fraction of sp³-hybridized carbons (Fsp3) is 0.643. The molecule has 1 aliphatic rings. The van der Waals surface area contributed by atoms with E-state index in [1.54, 1.807) is 11.3 Å². The van der Waals surface area contributed by atoms with Crippen LogP contribution >= 0.6 is 11.3 Å². The van der Waals surface area contributed by atoms with Gasteiger partial charge < -0.3 is 10.0 Å². The second-order valence-electron chi connectivity index (χ2n) is 5.11. The number of hydrogen-bond donors (Lipinski definition) is 1. The Kier molecular flexibility index (Phi) is 4.78. The molecule has 0 amide bonds. The van der Waals surface area contributed by atoms with Crippen LogP contribution in [-0.4, -0.2) is 35.6 Å². The van der Waals surface area contributed by atoms with Gasteiger partial charge in [0.05, 0.1) is 5.92 Å². The van der Waals surface area contributed by atoms with E-state index in [1.165, 1.54) is 4.88 Å². The number of carboxylic acids is 1. The molecule has 0 aliphatic heterocycles. The molecule has 2 rings (SSSR count). The van der Waals surface area contributed by atoms with Crippen molar-refractivity contribution in [1.29, 1.82) is 0 Å². The largest absolute Gasteiger partial charge is 0.481 e. The maximum atomic E-state index is 11.3. The fourth-order valence-corrected chi connectivity index (χ4v) is 3.53. The Morgan fingerprint density at radius 3 is 2.94 bits per heavy atom. The van der Waals surface area contributed by atoms with Gasteiger partial charge in [-0.15, -0.1) is 11.3 Å². The first-order valence-electron chi connectivity index (χ1n) is 6.64. The van der Waals surface area contributed by atoms with Crippen molar-refractivity contribution in [2.75, 3.05) is 13.6 Å². The third kappa shape index (κ3) is 3.33. The van der Waals surface area contributed by atoms with Crippen LogP contribution in [0.15, 0.2) is 17.5 Å². The van der Waals surface area contributed by atoms with Crippen molar-refractivity contribution in [3.05, 3.63) is 22.4 Å². The van der Waals surface area contributed by atoms with Gasteiger partial charge in [-0.3, -0.25) is 4.79 Å². The molecule has 0 saturated heterocycles. The Bertz CT molecular complexity index is 377. The Morgan fingerprint density at radius 2 is 2.28 bits per heavy atom. The van der Waals surface area contributed by atoms with Crippen molar-refractivity contribution < 1.29 is 9.90 Å². The van der Waals surface area contributed by atoms with Crippen LogP contribution in [0, 0.1) is 5.92 Å². The van der Waals surface area contributed by atoms with Crippen molar-refractivity contribution in [1.82, 2.24) is 4.90 Å². The number of aliphatic carboxylic acids is 1. The number of rotatable bonds is 5. The molecule has 1 aromatic rings. The third-order valence-electron chi connectivity index (χ3n) is 3.90. The molecule has 100 valence electrons. The maximum absolute atomic E-state index is 11.3. The summed E-state index contributed by atoms with van der Waals surface area (Å²) in [7, 11) is 2.07. The van der Waals surface area contributed by atoms with Crippen LogP contribution in [0.4, 0.5) is 0 Å². The zero-order valence-electron chi connectivity index (χ0n) is 10.8. The number of carbonyl (C=O) groups is 1. The molecule has 18 heavy (non-hydrogen) atoms. The molecule has 0 spiro atoms. The Morgan fingerprint density at radius 1 is 1.50 bits per heavy atom. The van der Waals surface area contributed by atoms with E-state index in [0.29, 0.717) is 0 Å². The van der Waals surface area contributed by atoms with Gasteiger partial charge in [-0.05, 0) is 37.8 Å². The predicted octanol–water partition coefficient (Wildman–Crippen LogP) is 2.87. The summed E-state index contributed by atoms with van der Waals surface area (Å²) in [6.07, 6.45) is 5.11. The first kappa shape index (κ1) is 13.6. The monoisotopic (exact) mass is 267 g/mol. The highest BCUT2D eigenvalue weighted by atomic mass is 32.1. The molecule has 1 aliphatic carbocycles. The summed E-state index contributed by atoms with van der Waals surface area (Å²) in [5, 5.41) is 11.4. The summed E-state index contributed by atoms with van der Waals surface area (Å²) in [5.41, 5.74) is 0. The number of carboxylic acid groups (broad SMARTS) is 1. The molecule has 3 nitrogen and oxygen atoms in total. The second-order valence-corrected chi connectivity index (χ2v) is 6.14. The highest BCUT2D eigenvalue weighted by molar-refractivity contribution is 7.09. The van der Waals surface area contributed by atoms with Gasteiger partial charge in [0.15, 0.2) is 0 Å². The summed E-state index contributed by atoms with van der Waals surface area (Å²) < 4.78 is 0. The summed E-state index contributed by atoms with van der Waals surface area (Å²) in [4.78, 5) is 14.9. The molecule has 4 heteroatoms. The Hall–Kier alpha value is -0.870. The van der Waals surface area contributed by atoms with E-state index in [-0.39, 0.29) is 12.0 Å². The van der Waals surface area contributed by atoms with Crippen molar-refractivity contribution in [2.24, 2.45) is 5.92 Å². The van der Waals surface area contributed by atoms with Gasteiger partial charge in [0.1, 0.15) is 0 Å². The highest BCUT2D eigenvalue weighted by Crippen LogP contribution is 2.28. The average Bonchev–Trinajstić information content (AvgIpc) is 2.89. The Labute approximate surface area is 112 Å². The predicted molar refractivity (Wildman–Crippen MR) is 74.0 cm³/mol. The summed E-state index contributed by atoms with van der Waals surface area (Å²) in [6.45, 7) is 0.953. The minimum atomic E-state index is -0.623. The lowest BCUT2D eigenvalue weighted by Crippen LogP contribution is -2.44. The van der Waals surface area contributed by atoms with E-state index in [2.05, 4.69) is 29.5 Å².